The van der Waals surface area contributed by atoms with Crippen LogP contribution in [0.2, 0.25) is 0 Å². The predicted molar refractivity (Wildman–Crippen MR) is 81.4 cm³/mol. The second-order valence-electron chi connectivity index (χ2n) is 4.95. The van der Waals surface area contributed by atoms with Crippen LogP contribution in [-0.4, -0.2) is 18.4 Å². The predicted octanol–water partition coefficient (Wildman–Crippen LogP) is 1.91. The molecular formula is C14H18N4O2S. The summed E-state index contributed by atoms with van der Waals surface area (Å²) in [4.78, 5) is 8.65. The molecule has 21 heavy (non-hydrogen) atoms. The maximum Gasteiger partial charge on any atom is 0.238 e. The van der Waals surface area contributed by atoms with Crippen molar-refractivity contribution in [2.75, 3.05) is 5.32 Å². The van der Waals surface area contributed by atoms with Gasteiger partial charge in [-0.2, -0.15) is 0 Å². The molecule has 2 rings (SSSR count). The lowest BCUT2D eigenvalue weighted by Crippen LogP contribution is -2.14. The first-order valence-corrected chi connectivity index (χ1v) is 8.01. The average Bonchev–Trinajstić information content (AvgIpc) is 2.42. The molecule has 0 aliphatic heterocycles. The fraction of sp³-hybridized carbons (Fsp3) is 0.286. The number of nitrogens with two attached hydrogens (primary N) is 1. The van der Waals surface area contributed by atoms with E-state index in [1.165, 1.54) is 6.07 Å². The summed E-state index contributed by atoms with van der Waals surface area (Å²) in [5, 5.41) is 8.29. The first kappa shape index (κ1) is 15.4. The number of primary sulfonamides is 1. The highest BCUT2D eigenvalue weighted by Crippen LogP contribution is 2.20. The molecule has 1 aromatic heterocycles. The fourth-order valence-corrected chi connectivity index (χ4v) is 2.40. The molecular weight excluding hydrogens is 288 g/mol. The maximum atomic E-state index is 11.4. The first-order chi connectivity index (χ1) is 9.77. The van der Waals surface area contributed by atoms with Crippen molar-refractivity contribution in [3.63, 3.8) is 0 Å². The van der Waals surface area contributed by atoms with Crippen LogP contribution in [0.3, 0.4) is 0 Å². The van der Waals surface area contributed by atoms with Crippen LogP contribution in [0.1, 0.15) is 29.8 Å². The maximum absolute atomic E-state index is 11.4. The standard InChI is InChI=1S/C14H18N4O2S/c1-9-8-16-14(17-10(9)2)18-11(3)12-5-4-6-13(7-12)21(15,19)20/h4-8,11H,1-3H3,(H2,15,19,20)(H,16,17,18). The summed E-state index contributed by atoms with van der Waals surface area (Å²) in [6.45, 7) is 5.76. The molecule has 1 heterocycles. The first-order valence-electron chi connectivity index (χ1n) is 6.47. The highest BCUT2D eigenvalue weighted by Gasteiger charge is 2.12. The Kier molecular flexibility index (Phi) is 4.24. The highest BCUT2D eigenvalue weighted by molar-refractivity contribution is 7.89. The minimum Gasteiger partial charge on any atom is -0.348 e. The number of nitrogens with zero attached hydrogens (tertiary/aromatic N) is 2. The van der Waals surface area contributed by atoms with E-state index in [1.807, 2.05) is 26.8 Å². The van der Waals surface area contributed by atoms with Crippen molar-refractivity contribution in [2.24, 2.45) is 5.14 Å². The van der Waals surface area contributed by atoms with E-state index in [0.717, 1.165) is 16.8 Å². The lowest BCUT2D eigenvalue weighted by Gasteiger charge is -2.15. The van der Waals surface area contributed by atoms with Gasteiger partial charge in [0.2, 0.25) is 16.0 Å². The number of aryl methyl sites for hydroxylation is 2. The lowest BCUT2D eigenvalue weighted by molar-refractivity contribution is 0.597. The second kappa shape index (κ2) is 5.79. The van der Waals surface area contributed by atoms with Crippen LogP contribution in [-0.2, 0) is 10.0 Å². The lowest BCUT2D eigenvalue weighted by atomic mass is 10.1. The average molecular weight is 306 g/mol. The summed E-state index contributed by atoms with van der Waals surface area (Å²) >= 11 is 0. The molecule has 6 nitrogen and oxygen atoms in total. The molecule has 1 unspecified atom stereocenters. The van der Waals surface area contributed by atoms with E-state index in [9.17, 15) is 8.42 Å². The molecule has 0 amide bonds. The van der Waals surface area contributed by atoms with Gasteiger partial charge >= 0.3 is 0 Å². The number of nitrogens with one attached hydrogen (secondary N) is 1. The van der Waals surface area contributed by atoms with E-state index in [0.29, 0.717) is 5.95 Å². The van der Waals surface area contributed by atoms with Crippen LogP contribution in [0.25, 0.3) is 0 Å². The zero-order valence-electron chi connectivity index (χ0n) is 12.2. The molecule has 0 bridgehead atoms. The molecule has 1 aromatic carbocycles. The Balaban J connectivity index is 2.24. The zero-order chi connectivity index (χ0) is 15.6. The van der Waals surface area contributed by atoms with Gasteiger partial charge in [-0.15, -0.1) is 0 Å². The van der Waals surface area contributed by atoms with Gasteiger partial charge in [0, 0.05) is 11.9 Å². The Hall–Kier alpha value is -1.99. The van der Waals surface area contributed by atoms with Crippen molar-refractivity contribution in [3.8, 4) is 0 Å². The smallest absolute Gasteiger partial charge is 0.238 e. The van der Waals surface area contributed by atoms with Gasteiger partial charge in [-0.25, -0.2) is 23.5 Å². The van der Waals surface area contributed by atoms with Crippen LogP contribution >= 0.6 is 0 Å². The molecule has 0 aliphatic rings. The van der Waals surface area contributed by atoms with Crippen LogP contribution in [0.5, 0.6) is 0 Å². The summed E-state index contributed by atoms with van der Waals surface area (Å²) in [6, 6.07) is 6.36. The molecule has 0 saturated carbocycles. The van der Waals surface area contributed by atoms with Gasteiger partial charge < -0.3 is 5.32 Å². The molecule has 112 valence electrons. The molecule has 2 aromatic rings. The van der Waals surface area contributed by atoms with Crippen molar-refractivity contribution in [1.82, 2.24) is 9.97 Å². The number of hydrogen-bond acceptors (Lipinski definition) is 5. The van der Waals surface area contributed by atoms with Gasteiger partial charge in [0.15, 0.2) is 0 Å². The van der Waals surface area contributed by atoms with Gasteiger partial charge in [0.25, 0.3) is 0 Å². The topological polar surface area (TPSA) is 98.0 Å². The van der Waals surface area contributed by atoms with Crippen LogP contribution in [0.4, 0.5) is 5.95 Å². The van der Waals surface area contributed by atoms with Gasteiger partial charge in [0.1, 0.15) is 0 Å². The third-order valence-electron chi connectivity index (χ3n) is 3.26. The summed E-state index contributed by atoms with van der Waals surface area (Å²) in [5.41, 5.74) is 2.71. The van der Waals surface area contributed by atoms with Crippen molar-refractivity contribution < 1.29 is 8.42 Å². The monoisotopic (exact) mass is 306 g/mol. The minimum atomic E-state index is -3.70. The Morgan fingerprint density at radius 1 is 1.29 bits per heavy atom. The Bertz CT molecular complexity index is 759. The van der Waals surface area contributed by atoms with E-state index >= 15 is 0 Å². The van der Waals surface area contributed by atoms with Gasteiger partial charge in [0.05, 0.1) is 10.9 Å². The number of sulfonamides is 1. The van der Waals surface area contributed by atoms with Crippen LogP contribution in [0, 0.1) is 13.8 Å². The van der Waals surface area contributed by atoms with E-state index in [4.69, 9.17) is 5.14 Å². The van der Waals surface area contributed by atoms with E-state index < -0.39 is 10.0 Å². The number of aromatic nitrogens is 2. The summed E-state index contributed by atoms with van der Waals surface area (Å²) in [7, 11) is -3.70. The molecule has 0 aliphatic carbocycles. The SMILES string of the molecule is Cc1cnc(NC(C)c2cccc(S(N)(=O)=O)c2)nc1C. The molecule has 0 fully saturated rings. The molecule has 1 atom stereocenters. The zero-order valence-corrected chi connectivity index (χ0v) is 13.0. The van der Waals surface area contributed by atoms with E-state index in [-0.39, 0.29) is 10.9 Å². The molecule has 0 saturated heterocycles. The Morgan fingerprint density at radius 2 is 2.00 bits per heavy atom. The highest BCUT2D eigenvalue weighted by atomic mass is 32.2. The fourth-order valence-electron chi connectivity index (χ4n) is 1.83. The molecule has 0 spiro atoms. The number of hydrogen-bond donors (Lipinski definition) is 2. The van der Waals surface area contributed by atoms with E-state index in [2.05, 4.69) is 15.3 Å². The Morgan fingerprint density at radius 3 is 2.62 bits per heavy atom. The third-order valence-corrected chi connectivity index (χ3v) is 4.17. The Labute approximate surface area is 124 Å². The van der Waals surface area contributed by atoms with E-state index in [1.54, 1.807) is 18.3 Å². The third kappa shape index (κ3) is 3.77. The number of anilines is 1. The van der Waals surface area contributed by atoms with Crippen molar-refractivity contribution in [1.29, 1.82) is 0 Å². The molecule has 0 radical (unpaired) electrons. The molecule has 7 heteroatoms. The van der Waals surface area contributed by atoms with Gasteiger partial charge in [-0.1, -0.05) is 12.1 Å². The summed E-state index contributed by atoms with van der Waals surface area (Å²) in [5.74, 6) is 0.506. The normalized spacial score (nSPS) is 13.0. The van der Waals surface area contributed by atoms with Crippen LogP contribution in [0.15, 0.2) is 35.4 Å². The van der Waals surface area contributed by atoms with Crippen molar-refractivity contribution in [3.05, 3.63) is 47.3 Å². The van der Waals surface area contributed by atoms with Gasteiger partial charge in [-0.3, -0.25) is 0 Å². The second-order valence-corrected chi connectivity index (χ2v) is 6.51. The number of benzene rings is 1. The van der Waals surface area contributed by atoms with Crippen molar-refractivity contribution in [2.45, 2.75) is 31.7 Å². The minimum absolute atomic E-state index is 0.0923. The number of rotatable bonds is 4. The van der Waals surface area contributed by atoms with Crippen molar-refractivity contribution >= 4 is 16.0 Å². The molecule has 3 N–H and O–H groups in total. The summed E-state index contributed by atoms with van der Waals surface area (Å²) in [6.07, 6.45) is 1.75. The van der Waals surface area contributed by atoms with Gasteiger partial charge in [-0.05, 0) is 44.0 Å². The quantitative estimate of drug-likeness (QED) is 0.899. The van der Waals surface area contributed by atoms with Crippen LogP contribution < -0.4 is 10.5 Å². The summed E-state index contributed by atoms with van der Waals surface area (Å²) < 4.78 is 22.8. The largest absolute Gasteiger partial charge is 0.348 e.